The maximum atomic E-state index is 11.7. The van der Waals surface area contributed by atoms with Gasteiger partial charge in [-0.3, -0.25) is 9.59 Å². The highest BCUT2D eigenvalue weighted by Gasteiger charge is 2.17. The fourth-order valence-electron chi connectivity index (χ4n) is 1.79. The third-order valence-electron chi connectivity index (χ3n) is 3.14. The lowest BCUT2D eigenvalue weighted by Crippen LogP contribution is -2.48. The Morgan fingerprint density at radius 3 is 2.35 bits per heavy atom. The summed E-state index contributed by atoms with van der Waals surface area (Å²) < 4.78 is 0. The van der Waals surface area contributed by atoms with Crippen LogP contribution in [0.1, 0.15) is 26.7 Å². The van der Waals surface area contributed by atoms with Gasteiger partial charge in [-0.1, -0.05) is 0 Å². The Morgan fingerprint density at radius 2 is 1.88 bits per heavy atom. The highest BCUT2D eigenvalue weighted by atomic mass is 16.2. The van der Waals surface area contributed by atoms with Gasteiger partial charge in [0.15, 0.2) is 0 Å². The van der Waals surface area contributed by atoms with Crippen molar-refractivity contribution in [1.82, 2.24) is 15.5 Å². The summed E-state index contributed by atoms with van der Waals surface area (Å²) in [4.78, 5) is 24.9. The van der Waals surface area contributed by atoms with Crippen LogP contribution in [0.25, 0.3) is 0 Å². The summed E-state index contributed by atoms with van der Waals surface area (Å²) in [6.45, 7) is 8.02. The predicted molar refractivity (Wildman–Crippen MR) is 66.5 cm³/mol. The van der Waals surface area contributed by atoms with Crippen molar-refractivity contribution in [3.05, 3.63) is 0 Å². The van der Waals surface area contributed by atoms with Crippen LogP contribution in [0.4, 0.5) is 0 Å². The van der Waals surface area contributed by atoms with Crippen molar-refractivity contribution in [2.75, 3.05) is 32.7 Å². The normalized spacial score (nSPS) is 15.2. The van der Waals surface area contributed by atoms with E-state index >= 15 is 0 Å². The summed E-state index contributed by atoms with van der Waals surface area (Å²) in [6, 6.07) is 0. The highest BCUT2D eigenvalue weighted by molar-refractivity contribution is 5.83. The second kappa shape index (κ2) is 7.27. The lowest BCUT2D eigenvalue weighted by Gasteiger charge is -2.27. The second-order valence-corrected chi connectivity index (χ2v) is 4.39. The average Bonchev–Trinajstić information content (AvgIpc) is 2.26. The van der Waals surface area contributed by atoms with Crippen LogP contribution in [0.5, 0.6) is 0 Å². The van der Waals surface area contributed by atoms with Gasteiger partial charge in [-0.05, 0) is 13.8 Å². The molecule has 0 unspecified atom stereocenters. The minimum Gasteiger partial charge on any atom is -0.356 e. The fraction of sp³-hybridized carbons (Fsp3) is 0.833. The molecule has 5 nitrogen and oxygen atoms in total. The van der Waals surface area contributed by atoms with Crippen LogP contribution in [0, 0.1) is 5.92 Å². The van der Waals surface area contributed by atoms with Gasteiger partial charge in [0, 0.05) is 51.5 Å². The predicted octanol–water partition coefficient (Wildman–Crippen LogP) is -0.0294. The van der Waals surface area contributed by atoms with Crippen LogP contribution in [0.2, 0.25) is 0 Å². The van der Waals surface area contributed by atoms with Gasteiger partial charge in [-0.25, -0.2) is 0 Å². The molecule has 0 radical (unpaired) electrons. The minimum absolute atomic E-state index is 0.0163. The molecule has 0 aliphatic carbocycles. The molecule has 1 heterocycles. The van der Waals surface area contributed by atoms with E-state index in [1.807, 2.05) is 13.8 Å². The first-order valence-electron chi connectivity index (χ1n) is 6.42. The summed E-state index contributed by atoms with van der Waals surface area (Å²) in [5.74, 6) is 0.616. The summed E-state index contributed by atoms with van der Waals surface area (Å²) in [7, 11) is 0. The SMILES string of the molecule is CCN(CC)C(=O)CCC(=O)NCC1CNC1. The van der Waals surface area contributed by atoms with Crippen molar-refractivity contribution < 1.29 is 9.59 Å². The Bertz CT molecular complexity index is 260. The molecule has 2 amide bonds. The average molecular weight is 241 g/mol. The molecular formula is C12H23N3O2. The van der Waals surface area contributed by atoms with E-state index in [4.69, 9.17) is 0 Å². The van der Waals surface area contributed by atoms with Crippen molar-refractivity contribution in [2.45, 2.75) is 26.7 Å². The van der Waals surface area contributed by atoms with Crippen LogP contribution in [-0.2, 0) is 9.59 Å². The standard InChI is InChI=1S/C12H23N3O2/c1-3-15(4-2)12(17)6-5-11(16)14-9-10-7-13-8-10/h10,13H,3-9H2,1-2H3,(H,14,16). The molecule has 0 bridgehead atoms. The van der Waals surface area contributed by atoms with E-state index in [0.29, 0.717) is 31.8 Å². The fourth-order valence-corrected chi connectivity index (χ4v) is 1.79. The van der Waals surface area contributed by atoms with Crippen molar-refractivity contribution >= 4 is 11.8 Å². The van der Waals surface area contributed by atoms with Crippen LogP contribution in [0.15, 0.2) is 0 Å². The van der Waals surface area contributed by atoms with E-state index in [1.165, 1.54) is 0 Å². The van der Waals surface area contributed by atoms with E-state index in [2.05, 4.69) is 10.6 Å². The number of nitrogens with one attached hydrogen (secondary N) is 2. The molecule has 17 heavy (non-hydrogen) atoms. The summed E-state index contributed by atoms with van der Waals surface area (Å²) in [5, 5.41) is 6.02. The first kappa shape index (κ1) is 14.0. The number of rotatable bonds is 7. The van der Waals surface area contributed by atoms with Crippen LogP contribution in [0.3, 0.4) is 0 Å². The lowest BCUT2D eigenvalue weighted by molar-refractivity contribution is -0.133. The smallest absolute Gasteiger partial charge is 0.223 e. The number of carbonyl (C=O) groups excluding carboxylic acids is 2. The van der Waals surface area contributed by atoms with Crippen molar-refractivity contribution in [1.29, 1.82) is 0 Å². The van der Waals surface area contributed by atoms with Crippen LogP contribution < -0.4 is 10.6 Å². The zero-order chi connectivity index (χ0) is 12.7. The number of hydrogen-bond donors (Lipinski definition) is 2. The third kappa shape index (κ3) is 4.73. The maximum absolute atomic E-state index is 11.7. The first-order valence-corrected chi connectivity index (χ1v) is 6.42. The van der Waals surface area contributed by atoms with Gasteiger partial charge < -0.3 is 15.5 Å². The molecule has 1 aliphatic heterocycles. The number of hydrogen-bond acceptors (Lipinski definition) is 3. The Kier molecular flexibility index (Phi) is 5.97. The van der Waals surface area contributed by atoms with Crippen LogP contribution in [-0.4, -0.2) is 49.4 Å². The molecule has 1 saturated heterocycles. The number of nitrogens with zero attached hydrogens (tertiary/aromatic N) is 1. The number of carbonyl (C=O) groups is 2. The Labute approximate surface area is 103 Å². The van der Waals surface area contributed by atoms with Gasteiger partial charge in [-0.2, -0.15) is 0 Å². The number of amides is 2. The quantitative estimate of drug-likeness (QED) is 0.658. The van der Waals surface area contributed by atoms with Gasteiger partial charge in [0.25, 0.3) is 0 Å². The third-order valence-corrected chi connectivity index (χ3v) is 3.14. The van der Waals surface area contributed by atoms with Crippen molar-refractivity contribution in [2.24, 2.45) is 5.92 Å². The van der Waals surface area contributed by atoms with Crippen molar-refractivity contribution in [3.63, 3.8) is 0 Å². The molecule has 2 N–H and O–H groups in total. The maximum Gasteiger partial charge on any atom is 0.223 e. The highest BCUT2D eigenvalue weighted by Crippen LogP contribution is 2.01. The summed E-state index contributed by atoms with van der Waals surface area (Å²) >= 11 is 0. The van der Waals surface area contributed by atoms with Crippen LogP contribution >= 0.6 is 0 Å². The molecule has 0 atom stereocenters. The molecule has 0 aromatic heterocycles. The molecule has 0 aromatic rings. The largest absolute Gasteiger partial charge is 0.356 e. The molecular weight excluding hydrogens is 218 g/mol. The molecule has 0 aromatic carbocycles. The Hall–Kier alpha value is -1.10. The summed E-state index contributed by atoms with van der Waals surface area (Å²) in [6.07, 6.45) is 0.617. The topological polar surface area (TPSA) is 61.4 Å². The molecule has 5 heteroatoms. The monoisotopic (exact) mass is 241 g/mol. The zero-order valence-electron chi connectivity index (χ0n) is 10.8. The van der Waals surface area contributed by atoms with E-state index in [9.17, 15) is 9.59 Å². The van der Waals surface area contributed by atoms with Gasteiger partial charge >= 0.3 is 0 Å². The molecule has 0 spiro atoms. The molecule has 0 saturated carbocycles. The van der Waals surface area contributed by atoms with Gasteiger partial charge in [0.2, 0.25) is 11.8 Å². The first-order chi connectivity index (χ1) is 8.17. The second-order valence-electron chi connectivity index (χ2n) is 4.39. The molecule has 1 fully saturated rings. The van der Waals surface area contributed by atoms with Gasteiger partial charge in [-0.15, -0.1) is 0 Å². The summed E-state index contributed by atoms with van der Waals surface area (Å²) in [5.41, 5.74) is 0. The lowest BCUT2D eigenvalue weighted by atomic mass is 10.0. The van der Waals surface area contributed by atoms with Gasteiger partial charge in [0.05, 0.1) is 0 Å². The Balaban J connectivity index is 2.11. The molecule has 98 valence electrons. The van der Waals surface area contributed by atoms with E-state index in [0.717, 1.165) is 19.6 Å². The van der Waals surface area contributed by atoms with E-state index in [-0.39, 0.29) is 11.8 Å². The van der Waals surface area contributed by atoms with E-state index < -0.39 is 0 Å². The van der Waals surface area contributed by atoms with Gasteiger partial charge in [0.1, 0.15) is 0 Å². The Morgan fingerprint density at radius 1 is 1.24 bits per heavy atom. The van der Waals surface area contributed by atoms with Crippen molar-refractivity contribution in [3.8, 4) is 0 Å². The molecule has 1 rings (SSSR count). The molecule has 1 aliphatic rings. The zero-order valence-corrected chi connectivity index (χ0v) is 10.8. The van der Waals surface area contributed by atoms with E-state index in [1.54, 1.807) is 4.90 Å². The minimum atomic E-state index is -0.0163.